The number of aryl methyl sites for hydroxylation is 1. The van der Waals surface area contributed by atoms with Gasteiger partial charge >= 0.3 is 0 Å². The van der Waals surface area contributed by atoms with E-state index >= 15 is 0 Å². The van der Waals surface area contributed by atoms with Gasteiger partial charge in [0.1, 0.15) is 5.75 Å². The Bertz CT molecular complexity index is 1490. The summed E-state index contributed by atoms with van der Waals surface area (Å²) < 4.78 is 7.86. The van der Waals surface area contributed by atoms with Crippen molar-refractivity contribution in [2.45, 2.75) is 66.2 Å². The summed E-state index contributed by atoms with van der Waals surface area (Å²) in [6, 6.07) is 19.7. The van der Waals surface area contributed by atoms with Crippen LogP contribution in [0.15, 0.2) is 60.7 Å². The van der Waals surface area contributed by atoms with Crippen molar-refractivity contribution in [2.75, 3.05) is 0 Å². The van der Waals surface area contributed by atoms with Crippen molar-refractivity contribution >= 4 is 34.7 Å². The molecule has 1 heterocycles. The van der Waals surface area contributed by atoms with Gasteiger partial charge in [0, 0.05) is 28.7 Å². The molecule has 0 spiro atoms. The van der Waals surface area contributed by atoms with Crippen LogP contribution in [0.1, 0.15) is 78.0 Å². The Morgan fingerprint density at radius 1 is 1.00 bits per heavy atom. The van der Waals surface area contributed by atoms with Crippen molar-refractivity contribution in [3.63, 3.8) is 0 Å². The van der Waals surface area contributed by atoms with Crippen LogP contribution in [0.3, 0.4) is 0 Å². The average molecular weight is 531 g/mol. The Balaban J connectivity index is 1.60. The normalized spacial score (nSPS) is 12.9. The van der Waals surface area contributed by atoms with Gasteiger partial charge in [-0.25, -0.2) is 0 Å². The number of benzene rings is 3. The second-order valence-electron chi connectivity index (χ2n) is 10.2. The lowest BCUT2D eigenvalue weighted by atomic mass is 9.98. The molecule has 2 atom stereocenters. The number of ether oxygens (including phenoxy) is 1. The highest BCUT2D eigenvalue weighted by atomic mass is 35.5. The standard InChI is InChI=1S/C32H35ClN2O3/c1-19(2)24-9-7-10-25(15-24)22(5)34-32(37)26-13-14-29-28(16-26)21(4)23(6)35(29)17-27-11-8-12-30(31(27)33)38-20(3)18-36/h7-16,18-20,22H,17H2,1-6H3,(H,34,37)/t20-,22-/m0/s1. The summed E-state index contributed by atoms with van der Waals surface area (Å²) in [5, 5.41) is 4.68. The van der Waals surface area contributed by atoms with Crippen LogP contribution in [0.4, 0.5) is 0 Å². The number of carbonyl (C=O) groups is 2. The number of halogens is 1. The van der Waals surface area contributed by atoms with E-state index in [-0.39, 0.29) is 11.9 Å². The Labute approximate surface area is 229 Å². The molecule has 4 rings (SSSR count). The molecule has 1 aromatic heterocycles. The number of amides is 1. The first-order valence-electron chi connectivity index (χ1n) is 13.0. The first-order chi connectivity index (χ1) is 18.1. The molecule has 0 aliphatic rings. The number of nitrogens with one attached hydrogen (secondary N) is 1. The summed E-state index contributed by atoms with van der Waals surface area (Å²) in [6.07, 6.45) is 0.165. The lowest BCUT2D eigenvalue weighted by Gasteiger charge is -2.17. The first kappa shape index (κ1) is 27.5. The molecule has 1 amide bonds. The van der Waals surface area contributed by atoms with Crippen LogP contribution in [-0.2, 0) is 11.3 Å². The van der Waals surface area contributed by atoms with E-state index in [9.17, 15) is 9.59 Å². The zero-order chi connectivity index (χ0) is 27.6. The van der Waals surface area contributed by atoms with E-state index in [0.29, 0.717) is 28.8 Å². The van der Waals surface area contributed by atoms with E-state index < -0.39 is 6.10 Å². The highest BCUT2D eigenvalue weighted by Gasteiger charge is 2.18. The molecular weight excluding hydrogens is 496 g/mol. The van der Waals surface area contributed by atoms with Crippen molar-refractivity contribution in [3.05, 3.63) is 99.2 Å². The molecule has 38 heavy (non-hydrogen) atoms. The van der Waals surface area contributed by atoms with Crippen LogP contribution in [0, 0.1) is 13.8 Å². The van der Waals surface area contributed by atoms with Gasteiger partial charge in [-0.3, -0.25) is 9.59 Å². The van der Waals surface area contributed by atoms with Gasteiger partial charge in [0.2, 0.25) is 0 Å². The fourth-order valence-electron chi connectivity index (χ4n) is 4.71. The Kier molecular flexibility index (Phi) is 8.27. The van der Waals surface area contributed by atoms with Crippen molar-refractivity contribution < 1.29 is 14.3 Å². The zero-order valence-electron chi connectivity index (χ0n) is 22.8. The van der Waals surface area contributed by atoms with Crippen LogP contribution in [0.2, 0.25) is 5.02 Å². The van der Waals surface area contributed by atoms with Crippen LogP contribution in [-0.4, -0.2) is 22.9 Å². The maximum atomic E-state index is 13.2. The summed E-state index contributed by atoms with van der Waals surface area (Å²) in [7, 11) is 0. The van der Waals surface area contributed by atoms with Gasteiger partial charge < -0.3 is 14.6 Å². The number of nitrogens with zero attached hydrogens (tertiary/aromatic N) is 1. The largest absolute Gasteiger partial charge is 0.482 e. The molecule has 3 aromatic carbocycles. The minimum absolute atomic E-state index is 0.101. The van der Waals surface area contributed by atoms with Crippen LogP contribution in [0.25, 0.3) is 10.9 Å². The smallest absolute Gasteiger partial charge is 0.251 e. The van der Waals surface area contributed by atoms with Crippen molar-refractivity contribution in [1.29, 1.82) is 0 Å². The molecule has 0 saturated carbocycles. The fraction of sp³-hybridized carbons (Fsp3) is 0.312. The van der Waals surface area contributed by atoms with E-state index in [1.165, 1.54) is 5.56 Å². The predicted molar refractivity (Wildman–Crippen MR) is 155 cm³/mol. The third-order valence-corrected chi connectivity index (χ3v) is 7.63. The second kappa shape index (κ2) is 11.4. The van der Waals surface area contributed by atoms with Crippen LogP contribution in [0.5, 0.6) is 5.75 Å². The van der Waals surface area contributed by atoms with Crippen molar-refractivity contribution in [1.82, 2.24) is 9.88 Å². The molecule has 5 nitrogen and oxygen atoms in total. The molecule has 0 fully saturated rings. The molecule has 0 aliphatic heterocycles. The number of hydrogen-bond acceptors (Lipinski definition) is 3. The maximum absolute atomic E-state index is 13.2. The number of aromatic nitrogens is 1. The molecule has 198 valence electrons. The summed E-state index contributed by atoms with van der Waals surface area (Å²) in [5.74, 6) is 0.818. The molecule has 0 saturated heterocycles. The Morgan fingerprint density at radius 2 is 1.71 bits per heavy atom. The van der Waals surface area contributed by atoms with Crippen molar-refractivity contribution in [2.24, 2.45) is 0 Å². The fourth-order valence-corrected chi connectivity index (χ4v) is 4.94. The van der Waals surface area contributed by atoms with E-state index in [1.807, 2.05) is 43.3 Å². The third-order valence-electron chi connectivity index (χ3n) is 7.20. The van der Waals surface area contributed by atoms with Crippen molar-refractivity contribution in [3.8, 4) is 5.75 Å². The predicted octanol–water partition coefficient (Wildman–Crippen LogP) is 7.54. The van der Waals surface area contributed by atoms with E-state index in [1.54, 1.807) is 13.0 Å². The number of fused-ring (bicyclic) bond motifs is 1. The van der Waals surface area contributed by atoms with Gasteiger partial charge in [-0.1, -0.05) is 61.8 Å². The minimum Gasteiger partial charge on any atom is -0.482 e. The lowest BCUT2D eigenvalue weighted by Crippen LogP contribution is -2.26. The second-order valence-corrected chi connectivity index (χ2v) is 10.6. The molecular formula is C32H35ClN2O3. The van der Waals surface area contributed by atoms with E-state index in [0.717, 1.165) is 39.6 Å². The molecule has 0 radical (unpaired) electrons. The SMILES string of the molecule is Cc1c(C)n(Cc2cccc(O[C@@H](C)C=O)c2Cl)c2ccc(C(=O)N[C@@H](C)c3cccc(C(C)C)c3)cc12. The number of carbonyl (C=O) groups excluding carboxylic acids is 2. The molecule has 6 heteroatoms. The Morgan fingerprint density at radius 3 is 2.42 bits per heavy atom. The van der Waals surface area contributed by atoms with E-state index in [2.05, 4.69) is 55.8 Å². The topological polar surface area (TPSA) is 60.3 Å². The molecule has 0 bridgehead atoms. The Hall–Kier alpha value is -3.57. The summed E-state index contributed by atoms with van der Waals surface area (Å²) >= 11 is 6.66. The van der Waals surface area contributed by atoms with E-state index in [4.69, 9.17) is 16.3 Å². The molecule has 0 unspecified atom stereocenters. The summed E-state index contributed by atoms with van der Waals surface area (Å²) in [5.41, 5.74) is 7.10. The number of rotatable bonds is 9. The minimum atomic E-state index is -0.578. The third kappa shape index (κ3) is 5.63. The quantitative estimate of drug-likeness (QED) is 0.227. The highest BCUT2D eigenvalue weighted by molar-refractivity contribution is 6.32. The number of aldehydes is 1. The first-order valence-corrected chi connectivity index (χ1v) is 13.4. The highest BCUT2D eigenvalue weighted by Crippen LogP contribution is 2.33. The van der Waals surface area contributed by atoms with Gasteiger partial charge in [-0.05, 0) is 80.1 Å². The average Bonchev–Trinajstić information content (AvgIpc) is 3.14. The zero-order valence-corrected chi connectivity index (χ0v) is 23.6. The van der Waals surface area contributed by atoms with Gasteiger partial charge in [-0.15, -0.1) is 0 Å². The van der Waals surface area contributed by atoms with Gasteiger partial charge in [0.15, 0.2) is 12.4 Å². The summed E-state index contributed by atoms with van der Waals surface area (Å²) in [6.45, 7) is 12.7. The summed E-state index contributed by atoms with van der Waals surface area (Å²) in [4.78, 5) is 24.2. The van der Waals surface area contributed by atoms with Gasteiger partial charge in [-0.2, -0.15) is 0 Å². The molecule has 0 aliphatic carbocycles. The van der Waals surface area contributed by atoms with Gasteiger partial charge in [0.05, 0.1) is 11.1 Å². The van der Waals surface area contributed by atoms with Crippen LogP contribution >= 0.6 is 11.6 Å². The maximum Gasteiger partial charge on any atom is 0.251 e. The van der Waals surface area contributed by atoms with Crippen LogP contribution < -0.4 is 10.1 Å². The number of hydrogen-bond donors (Lipinski definition) is 1. The monoisotopic (exact) mass is 530 g/mol. The van der Waals surface area contributed by atoms with Gasteiger partial charge in [0.25, 0.3) is 5.91 Å². The molecule has 4 aromatic rings. The molecule has 1 N–H and O–H groups in total. The lowest BCUT2D eigenvalue weighted by molar-refractivity contribution is -0.113.